The summed E-state index contributed by atoms with van der Waals surface area (Å²) in [6.07, 6.45) is 0.882. The summed E-state index contributed by atoms with van der Waals surface area (Å²) in [5, 5.41) is 0. The number of aryl methyl sites for hydroxylation is 1. The Labute approximate surface area is 129 Å². The van der Waals surface area contributed by atoms with Crippen LogP contribution in [0.15, 0.2) is 53.4 Å². The molecule has 2 N–H and O–H groups in total. The third-order valence-corrected chi connectivity index (χ3v) is 4.93. The minimum Gasteiger partial charge on any atom is -0.341 e. The van der Waals surface area contributed by atoms with Crippen molar-refractivity contribution in [2.24, 2.45) is 0 Å². The van der Waals surface area contributed by atoms with Crippen LogP contribution in [0.4, 0.5) is 0 Å². The summed E-state index contributed by atoms with van der Waals surface area (Å²) in [7, 11) is -3.53. The van der Waals surface area contributed by atoms with Crippen LogP contribution in [-0.4, -0.2) is 18.4 Å². The Balaban J connectivity index is 1.76. The summed E-state index contributed by atoms with van der Waals surface area (Å²) < 4.78 is 27.1. The van der Waals surface area contributed by atoms with Gasteiger partial charge in [-0.3, -0.25) is 0 Å². The van der Waals surface area contributed by atoms with Crippen LogP contribution in [0, 0.1) is 0 Å². The quantitative estimate of drug-likeness (QED) is 0.760. The Morgan fingerprint density at radius 3 is 2.50 bits per heavy atom. The average molecular weight is 315 g/mol. The van der Waals surface area contributed by atoms with Crippen molar-refractivity contribution in [3.63, 3.8) is 0 Å². The number of nitrogens with zero attached hydrogens (tertiary/aromatic N) is 1. The number of benzene rings is 2. The SMILES string of the molecule is CCc1ccc(S(=O)(=O)NCc2nc3ccccc3[nH]2)cc1. The normalized spacial score (nSPS) is 11.9. The molecule has 0 spiro atoms. The van der Waals surface area contributed by atoms with E-state index in [1.807, 2.05) is 43.3 Å². The van der Waals surface area contributed by atoms with E-state index in [2.05, 4.69) is 14.7 Å². The van der Waals surface area contributed by atoms with Crippen molar-refractivity contribution in [2.75, 3.05) is 0 Å². The molecule has 0 unspecified atom stereocenters. The van der Waals surface area contributed by atoms with Crippen LogP contribution in [0.5, 0.6) is 0 Å². The molecule has 22 heavy (non-hydrogen) atoms. The summed E-state index contributed by atoms with van der Waals surface area (Å²) >= 11 is 0. The van der Waals surface area contributed by atoms with E-state index in [1.165, 1.54) is 0 Å². The number of imidazole rings is 1. The molecule has 1 aromatic heterocycles. The van der Waals surface area contributed by atoms with Crippen LogP contribution in [0.3, 0.4) is 0 Å². The zero-order chi connectivity index (χ0) is 15.6. The number of sulfonamides is 1. The van der Waals surface area contributed by atoms with Crippen LogP contribution in [0.1, 0.15) is 18.3 Å². The topological polar surface area (TPSA) is 74.8 Å². The maximum absolute atomic E-state index is 12.3. The standard InChI is InChI=1S/C16H17N3O2S/c1-2-12-7-9-13(10-8-12)22(20,21)17-11-16-18-14-5-3-4-6-15(14)19-16/h3-10,17H,2,11H2,1H3,(H,18,19). The van der Waals surface area contributed by atoms with E-state index in [0.29, 0.717) is 5.82 Å². The van der Waals surface area contributed by atoms with E-state index >= 15 is 0 Å². The molecule has 0 fully saturated rings. The molecule has 0 aliphatic rings. The van der Waals surface area contributed by atoms with E-state index in [4.69, 9.17) is 0 Å². The number of H-pyrrole nitrogens is 1. The van der Waals surface area contributed by atoms with Gasteiger partial charge < -0.3 is 4.98 Å². The lowest BCUT2D eigenvalue weighted by Gasteiger charge is -2.06. The van der Waals surface area contributed by atoms with Gasteiger partial charge in [0.1, 0.15) is 5.82 Å². The Morgan fingerprint density at radius 2 is 1.82 bits per heavy atom. The Bertz CT molecular complexity index is 850. The number of hydrogen-bond donors (Lipinski definition) is 2. The van der Waals surface area contributed by atoms with Gasteiger partial charge >= 0.3 is 0 Å². The number of fused-ring (bicyclic) bond motifs is 1. The molecule has 2 aromatic carbocycles. The predicted molar refractivity (Wildman–Crippen MR) is 85.9 cm³/mol. The fourth-order valence-electron chi connectivity index (χ4n) is 2.24. The van der Waals surface area contributed by atoms with Crippen molar-refractivity contribution in [3.05, 3.63) is 59.9 Å². The van der Waals surface area contributed by atoms with E-state index in [1.54, 1.807) is 12.1 Å². The molecule has 0 aliphatic carbocycles. The molecular weight excluding hydrogens is 298 g/mol. The van der Waals surface area contributed by atoms with E-state index < -0.39 is 10.0 Å². The maximum atomic E-state index is 12.3. The number of aromatic amines is 1. The van der Waals surface area contributed by atoms with Gasteiger partial charge in [-0.05, 0) is 36.2 Å². The van der Waals surface area contributed by atoms with Crippen molar-refractivity contribution in [3.8, 4) is 0 Å². The van der Waals surface area contributed by atoms with E-state index in [-0.39, 0.29) is 11.4 Å². The first-order valence-electron chi connectivity index (χ1n) is 7.11. The molecule has 3 rings (SSSR count). The number of para-hydroxylation sites is 2. The maximum Gasteiger partial charge on any atom is 0.240 e. The highest BCUT2D eigenvalue weighted by Crippen LogP contribution is 2.13. The smallest absolute Gasteiger partial charge is 0.240 e. The number of aromatic nitrogens is 2. The zero-order valence-corrected chi connectivity index (χ0v) is 13.0. The number of rotatable bonds is 5. The van der Waals surface area contributed by atoms with Crippen molar-refractivity contribution in [1.82, 2.24) is 14.7 Å². The van der Waals surface area contributed by atoms with E-state index in [9.17, 15) is 8.42 Å². The third-order valence-electron chi connectivity index (χ3n) is 3.51. The van der Waals surface area contributed by atoms with Crippen molar-refractivity contribution in [2.45, 2.75) is 24.8 Å². The minimum absolute atomic E-state index is 0.131. The van der Waals surface area contributed by atoms with Gasteiger partial charge in [-0.2, -0.15) is 0 Å². The van der Waals surface area contributed by atoms with Gasteiger partial charge in [0.15, 0.2) is 0 Å². The predicted octanol–water partition coefficient (Wildman–Crippen LogP) is 2.60. The highest BCUT2D eigenvalue weighted by atomic mass is 32.2. The van der Waals surface area contributed by atoms with Crippen molar-refractivity contribution in [1.29, 1.82) is 0 Å². The molecule has 6 heteroatoms. The molecule has 0 radical (unpaired) electrons. The Kier molecular flexibility index (Phi) is 3.96. The van der Waals surface area contributed by atoms with Gasteiger partial charge in [-0.15, -0.1) is 0 Å². The van der Waals surface area contributed by atoms with Crippen LogP contribution in [0.2, 0.25) is 0 Å². The second kappa shape index (κ2) is 5.90. The van der Waals surface area contributed by atoms with Crippen LogP contribution in [-0.2, 0) is 23.0 Å². The number of hydrogen-bond acceptors (Lipinski definition) is 3. The molecule has 0 saturated heterocycles. The summed E-state index contributed by atoms with van der Waals surface area (Å²) in [6.45, 7) is 2.16. The lowest BCUT2D eigenvalue weighted by atomic mass is 10.2. The minimum atomic E-state index is -3.53. The van der Waals surface area contributed by atoms with Crippen LogP contribution in [0.25, 0.3) is 11.0 Å². The summed E-state index contributed by atoms with van der Waals surface area (Å²) in [6, 6.07) is 14.5. The van der Waals surface area contributed by atoms with Crippen molar-refractivity contribution < 1.29 is 8.42 Å². The van der Waals surface area contributed by atoms with Crippen LogP contribution >= 0.6 is 0 Å². The summed E-state index contributed by atoms with van der Waals surface area (Å²) in [5.41, 5.74) is 2.82. The molecule has 0 atom stereocenters. The largest absolute Gasteiger partial charge is 0.341 e. The fourth-order valence-corrected chi connectivity index (χ4v) is 3.23. The lowest BCUT2D eigenvalue weighted by molar-refractivity contribution is 0.579. The van der Waals surface area contributed by atoms with E-state index in [0.717, 1.165) is 23.0 Å². The van der Waals surface area contributed by atoms with Gasteiger partial charge in [0, 0.05) is 0 Å². The molecule has 114 valence electrons. The van der Waals surface area contributed by atoms with Gasteiger partial charge in [0.2, 0.25) is 10.0 Å². The highest BCUT2D eigenvalue weighted by molar-refractivity contribution is 7.89. The Hall–Kier alpha value is -2.18. The molecule has 5 nitrogen and oxygen atoms in total. The lowest BCUT2D eigenvalue weighted by Crippen LogP contribution is -2.23. The fraction of sp³-hybridized carbons (Fsp3) is 0.188. The number of nitrogens with one attached hydrogen (secondary N) is 2. The molecular formula is C16H17N3O2S. The molecule has 1 heterocycles. The molecule has 0 aliphatic heterocycles. The zero-order valence-electron chi connectivity index (χ0n) is 12.2. The third kappa shape index (κ3) is 3.03. The molecule has 0 bridgehead atoms. The van der Waals surface area contributed by atoms with Gasteiger partial charge in [0.05, 0.1) is 22.5 Å². The van der Waals surface area contributed by atoms with Gasteiger partial charge in [-0.1, -0.05) is 31.2 Å². The van der Waals surface area contributed by atoms with Gasteiger partial charge in [-0.25, -0.2) is 18.1 Å². The summed E-state index contributed by atoms with van der Waals surface area (Å²) in [5.74, 6) is 0.593. The molecule has 0 amide bonds. The highest BCUT2D eigenvalue weighted by Gasteiger charge is 2.14. The molecule has 0 saturated carbocycles. The Morgan fingerprint density at radius 1 is 1.09 bits per heavy atom. The first-order chi connectivity index (χ1) is 10.6. The van der Waals surface area contributed by atoms with Crippen molar-refractivity contribution >= 4 is 21.1 Å². The van der Waals surface area contributed by atoms with Crippen LogP contribution < -0.4 is 4.72 Å². The molecule has 3 aromatic rings. The van der Waals surface area contributed by atoms with Gasteiger partial charge in [0.25, 0.3) is 0 Å². The first kappa shape index (κ1) is 14.7. The second-order valence-electron chi connectivity index (χ2n) is 5.02. The summed E-state index contributed by atoms with van der Waals surface area (Å²) in [4.78, 5) is 7.72. The monoisotopic (exact) mass is 315 g/mol. The average Bonchev–Trinajstić information content (AvgIpc) is 2.96. The second-order valence-corrected chi connectivity index (χ2v) is 6.79. The first-order valence-corrected chi connectivity index (χ1v) is 8.59.